The number of carbonyl (C=O) groups is 1. The Labute approximate surface area is 96.5 Å². The lowest BCUT2D eigenvalue weighted by Gasteiger charge is -2.33. The Bertz CT molecular complexity index is 296. The molecule has 0 spiro atoms. The fourth-order valence-corrected chi connectivity index (χ4v) is 2.68. The zero-order valence-electron chi connectivity index (χ0n) is 9.82. The molecule has 0 unspecified atom stereocenters. The number of carbonyl (C=O) groups excluding carboxylic acids is 1. The molecule has 2 aliphatic rings. The van der Waals surface area contributed by atoms with Crippen LogP contribution in [0.15, 0.2) is 11.6 Å². The van der Waals surface area contributed by atoms with E-state index in [0.29, 0.717) is 31.1 Å². The number of Topliss-reactive ketones (excluding diaryl/α,β-unsaturated/α-hetero) is 1. The molecule has 3 nitrogen and oxygen atoms in total. The molecule has 0 saturated carbocycles. The van der Waals surface area contributed by atoms with Crippen LogP contribution in [-0.4, -0.2) is 23.8 Å². The molecule has 0 aromatic heterocycles. The smallest absolute Gasteiger partial charge is 0.154 e. The molecule has 3 heteroatoms. The lowest BCUT2D eigenvalue weighted by Crippen LogP contribution is -2.37. The first-order valence-electron chi connectivity index (χ1n) is 6.15. The Morgan fingerprint density at radius 2 is 2.25 bits per heavy atom. The quantitative estimate of drug-likeness (QED) is 0.640. The Morgan fingerprint density at radius 3 is 3.06 bits per heavy atom. The van der Waals surface area contributed by atoms with Gasteiger partial charge in [-0.2, -0.15) is 0 Å². The molecule has 0 radical (unpaired) electrons. The fourth-order valence-electron chi connectivity index (χ4n) is 2.68. The van der Waals surface area contributed by atoms with Gasteiger partial charge in [0.25, 0.3) is 0 Å². The van der Waals surface area contributed by atoms with E-state index in [4.69, 9.17) is 4.74 Å². The van der Waals surface area contributed by atoms with Gasteiger partial charge in [-0.25, -0.2) is 0 Å². The van der Waals surface area contributed by atoms with Gasteiger partial charge in [-0.1, -0.05) is 11.6 Å². The standard InChI is InChI=1S/C13H20O3/c1-9-3-2-4-12(14)11-8-16-13(15)7-10(11)6-5-9/h3,10-11,13,15H,2,4-8H2,1H3/b9-3+/t10-,11-,13+/m1/s1. The van der Waals surface area contributed by atoms with Crippen LogP contribution < -0.4 is 0 Å². The average Bonchev–Trinajstić information content (AvgIpc) is 2.31. The average molecular weight is 224 g/mol. The maximum absolute atomic E-state index is 12.0. The van der Waals surface area contributed by atoms with E-state index in [-0.39, 0.29) is 5.92 Å². The van der Waals surface area contributed by atoms with Crippen LogP contribution in [0.5, 0.6) is 0 Å². The van der Waals surface area contributed by atoms with Gasteiger partial charge in [0.2, 0.25) is 0 Å². The third-order valence-electron chi connectivity index (χ3n) is 3.75. The minimum atomic E-state index is -0.668. The van der Waals surface area contributed by atoms with E-state index in [1.54, 1.807) is 0 Å². The molecular weight excluding hydrogens is 204 g/mol. The highest BCUT2D eigenvalue weighted by molar-refractivity contribution is 5.81. The molecule has 1 saturated heterocycles. The maximum atomic E-state index is 12.0. The third-order valence-corrected chi connectivity index (χ3v) is 3.75. The number of rotatable bonds is 0. The number of ether oxygens (including phenoxy) is 1. The summed E-state index contributed by atoms with van der Waals surface area (Å²) in [6.45, 7) is 2.53. The summed E-state index contributed by atoms with van der Waals surface area (Å²) in [6, 6.07) is 0. The fraction of sp³-hybridized carbons (Fsp3) is 0.769. The molecule has 90 valence electrons. The van der Waals surface area contributed by atoms with Crippen molar-refractivity contribution in [3.8, 4) is 0 Å². The van der Waals surface area contributed by atoms with Crippen molar-refractivity contribution >= 4 is 5.78 Å². The second-order valence-corrected chi connectivity index (χ2v) is 4.98. The summed E-state index contributed by atoms with van der Waals surface area (Å²) in [5.41, 5.74) is 1.37. The highest BCUT2D eigenvalue weighted by Crippen LogP contribution is 2.32. The summed E-state index contributed by atoms with van der Waals surface area (Å²) in [6.07, 6.45) is 5.64. The summed E-state index contributed by atoms with van der Waals surface area (Å²) in [4.78, 5) is 12.0. The van der Waals surface area contributed by atoms with Crippen LogP contribution in [0.1, 0.15) is 39.0 Å². The summed E-state index contributed by atoms with van der Waals surface area (Å²) in [5.74, 6) is 0.628. The van der Waals surface area contributed by atoms with Gasteiger partial charge >= 0.3 is 0 Å². The molecule has 0 amide bonds. The predicted molar refractivity (Wildman–Crippen MR) is 60.8 cm³/mol. The number of aliphatic hydroxyl groups excluding tert-OH is 1. The molecule has 1 aliphatic heterocycles. The number of hydrogen-bond donors (Lipinski definition) is 1. The largest absolute Gasteiger partial charge is 0.368 e. The highest BCUT2D eigenvalue weighted by Gasteiger charge is 2.34. The number of aliphatic hydroxyl groups is 1. The molecule has 16 heavy (non-hydrogen) atoms. The Morgan fingerprint density at radius 1 is 1.44 bits per heavy atom. The Hall–Kier alpha value is -0.670. The van der Waals surface area contributed by atoms with E-state index in [1.165, 1.54) is 5.57 Å². The van der Waals surface area contributed by atoms with Crippen molar-refractivity contribution in [3.63, 3.8) is 0 Å². The maximum Gasteiger partial charge on any atom is 0.154 e. The van der Waals surface area contributed by atoms with Gasteiger partial charge in [-0.15, -0.1) is 0 Å². The van der Waals surface area contributed by atoms with Crippen LogP contribution in [0.3, 0.4) is 0 Å². The van der Waals surface area contributed by atoms with Crippen molar-refractivity contribution in [2.24, 2.45) is 11.8 Å². The highest BCUT2D eigenvalue weighted by atomic mass is 16.6. The lowest BCUT2D eigenvalue weighted by atomic mass is 9.81. The number of fused-ring (bicyclic) bond motifs is 1. The van der Waals surface area contributed by atoms with Crippen molar-refractivity contribution in [1.29, 1.82) is 0 Å². The van der Waals surface area contributed by atoms with Gasteiger partial charge < -0.3 is 9.84 Å². The van der Waals surface area contributed by atoms with Crippen molar-refractivity contribution in [3.05, 3.63) is 11.6 Å². The molecule has 2 rings (SSSR count). The van der Waals surface area contributed by atoms with Crippen LogP contribution in [0.4, 0.5) is 0 Å². The van der Waals surface area contributed by atoms with E-state index in [0.717, 1.165) is 19.3 Å². The topological polar surface area (TPSA) is 46.5 Å². The molecule has 1 fully saturated rings. The summed E-state index contributed by atoms with van der Waals surface area (Å²) >= 11 is 0. The number of allylic oxidation sites excluding steroid dienone is 2. The van der Waals surface area contributed by atoms with Crippen LogP contribution in [0.2, 0.25) is 0 Å². The summed E-state index contributed by atoms with van der Waals surface area (Å²) in [5, 5.41) is 9.48. The Kier molecular flexibility index (Phi) is 3.77. The SMILES string of the molecule is C/C1=C\CCC(=O)[C@@H]2CO[C@H](O)C[C@H]2CC1. The van der Waals surface area contributed by atoms with Gasteiger partial charge in [0, 0.05) is 18.8 Å². The first kappa shape index (κ1) is 11.8. The molecule has 0 aromatic carbocycles. The van der Waals surface area contributed by atoms with Crippen molar-refractivity contribution in [2.45, 2.75) is 45.3 Å². The van der Waals surface area contributed by atoms with Gasteiger partial charge in [-0.3, -0.25) is 4.79 Å². The zero-order valence-corrected chi connectivity index (χ0v) is 9.82. The van der Waals surface area contributed by atoms with E-state index < -0.39 is 6.29 Å². The molecule has 0 bridgehead atoms. The van der Waals surface area contributed by atoms with E-state index in [2.05, 4.69) is 13.0 Å². The molecule has 3 atom stereocenters. The van der Waals surface area contributed by atoms with Crippen molar-refractivity contribution in [1.82, 2.24) is 0 Å². The van der Waals surface area contributed by atoms with Crippen LogP contribution in [0.25, 0.3) is 0 Å². The summed E-state index contributed by atoms with van der Waals surface area (Å²) < 4.78 is 5.20. The van der Waals surface area contributed by atoms with Gasteiger partial charge in [0.1, 0.15) is 5.78 Å². The normalized spacial score (nSPS) is 40.0. The van der Waals surface area contributed by atoms with Gasteiger partial charge in [0.15, 0.2) is 6.29 Å². The van der Waals surface area contributed by atoms with Crippen molar-refractivity contribution in [2.75, 3.05) is 6.61 Å². The number of hydrogen-bond acceptors (Lipinski definition) is 3. The minimum absolute atomic E-state index is 0.0164. The predicted octanol–water partition coefficient (Wildman–Crippen LogP) is 2.05. The monoisotopic (exact) mass is 224 g/mol. The van der Waals surface area contributed by atoms with Crippen LogP contribution in [0, 0.1) is 11.8 Å². The Balaban J connectivity index is 2.09. The van der Waals surface area contributed by atoms with Crippen LogP contribution in [-0.2, 0) is 9.53 Å². The second kappa shape index (κ2) is 5.11. The third kappa shape index (κ3) is 2.71. The molecule has 0 aromatic rings. The minimum Gasteiger partial charge on any atom is -0.368 e. The van der Waals surface area contributed by atoms with Gasteiger partial charge in [0.05, 0.1) is 6.61 Å². The second-order valence-electron chi connectivity index (χ2n) is 4.98. The summed E-state index contributed by atoms with van der Waals surface area (Å²) in [7, 11) is 0. The van der Waals surface area contributed by atoms with E-state index in [1.807, 2.05) is 0 Å². The molecule has 1 aliphatic carbocycles. The molecule has 1 heterocycles. The zero-order chi connectivity index (χ0) is 11.5. The van der Waals surface area contributed by atoms with E-state index in [9.17, 15) is 9.90 Å². The first-order chi connectivity index (χ1) is 7.66. The molecule has 1 N–H and O–H groups in total. The van der Waals surface area contributed by atoms with E-state index >= 15 is 0 Å². The van der Waals surface area contributed by atoms with Crippen molar-refractivity contribution < 1.29 is 14.6 Å². The molecular formula is C13H20O3. The van der Waals surface area contributed by atoms with Crippen LogP contribution >= 0.6 is 0 Å². The first-order valence-corrected chi connectivity index (χ1v) is 6.15. The number of ketones is 1. The lowest BCUT2D eigenvalue weighted by molar-refractivity contribution is -0.167. The van der Waals surface area contributed by atoms with Gasteiger partial charge in [-0.05, 0) is 32.1 Å².